The van der Waals surface area contributed by atoms with Crippen LogP contribution in [-0.4, -0.2) is 24.1 Å². The summed E-state index contributed by atoms with van der Waals surface area (Å²) in [4.78, 5) is 15.6. The highest BCUT2D eigenvalue weighted by Gasteiger charge is 2.23. The molecule has 14 rings (SSSR count). The highest BCUT2D eigenvalue weighted by atomic mass is 16.3. The number of rotatable bonds is 7. The Bertz CT molecular complexity index is 4170. The number of aromatic nitrogens is 5. The minimum Gasteiger partial charge on any atom is -0.452 e. The van der Waals surface area contributed by atoms with Gasteiger partial charge in [0.2, 0.25) is 0 Å². The molecule has 6 heteroatoms. The molecule has 0 spiro atoms. The molecule has 0 aliphatic heterocycles. The lowest BCUT2D eigenvalue weighted by molar-refractivity contribution is 0.673. The summed E-state index contributed by atoms with van der Waals surface area (Å²) in [6, 6.07) is 83.1. The zero-order chi connectivity index (χ0) is 45.4. The number of nitrogens with zero attached hydrogens (tertiary/aromatic N) is 5. The second-order valence-corrected chi connectivity index (χ2v) is 17.6. The summed E-state index contributed by atoms with van der Waals surface area (Å²) in [6.07, 6.45) is 0. The van der Waals surface area contributed by atoms with Crippen LogP contribution >= 0.6 is 0 Å². The molecule has 69 heavy (non-hydrogen) atoms. The topological polar surface area (TPSA) is 61.7 Å². The van der Waals surface area contributed by atoms with Gasteiger partial charge in [0.25, 0.3) is 0 Å². The molecule has 0 atom stereocenters. The Morgan fingerprint density at radius 3 is 1.13 bits per heavy atom. The van der Waals surface area contributed by atoms with E-state index in [-0.39, 0.29) is 0 Å². The van der Waals surface area contributed by atoms with Gasteiger partial charge in [-0.3, -0.25) is 0 Å². The molecular formula is C63H39N5O. The molecule has 0 fully saturated rings. The van der Waals surface area contributed by atoms with Gasteiger partial charge in [0, 0.05) is 60.4 Å². The van der Waals surface area contributed by atoms with E-state index in [1.54, 1.807) is 0 Å². The lowest BCUT2D eigenvalue weighted by atomic mass is 10.0. The molecule has 322 valence electrons. The Hall–Kier alpha value is -9.39. The van der Waals surface area contributed by atoms with Crippen molar-refractivity contribution >= 4 is 65.6 Å². The molecule has 0 aliphatic rings. The second kappa shape index (κ2) is 15.6. The maximum Gasteiger partial charge on any atom is 0.164 e. The monoisotopic (exact) mass is 881 g/mol. The molecule has 10 aromatic carbocycles. The number of hydrogen-bond donors (Lipinski definition) is 0. The molecule has 4 aromatic heterocycles. The normalized spacial score (nSPS) is 11.8. The van der Waals surface area contributed by atoms with Crippen molar-refractivity contribution < 1.29 is 4.42 Å². The zero-order valence-corrected chi connectivity index (χ0v) is 37.2. The number of hydrogen-bond acceptors (Lipinski definition) is 4. The predicted octanol–water partition coefficient (Wildman–Crippen LogP) is 16.3. The van der Waals surface area contributed by atoms with Gasteiger partial charge in [0.1, 0.15) is 0 Å². The summed E-state index contributed by atoms with van der Waals surface area (Å²) < 4.78 is 12.0. The lowest BCUT2D eigenvalue weighted by Gasteiger charge is -2.12. The van der Waals surface area contributed by atoms with Crippen LogP contribution in [0, 0.1) is 0 Å². The minimum atomic E-state index is 0.585. The van der Waals surface area contributed by atoms with Gasteiger partial charge in [-0.15, -0.1) is 0 Å². The first-order valence-corrected chi connectivity index (χ1v) is 23.3. The van der Waals surface area contributed by atoms with Gasteiger partial charge >= 0.3 is 0 Å². The third-order valence-corrected chi connectivity index (χ3v) is 13.6. The van der Waals surface area contributed by atoms with Gasteiger partial charge in [0.05, 0.1) is 22.1 Å². The maximum absolute atomic E-state index is 7.31. The SMILES string of the molecule is c1ccc(-c2ccc(-c3nc(-c4ccc(-c5ccccc5)cc4)nc(-c4cccc(-n5c6ccccc6c6ccc7c8ccc9c%10ccccc%10n(-c%10ccccc%10)c9c8oc7c65)c4)n3)cc2)cc1. The Labute approximate surface area is 396 Å². The molecule has 4 heterocycles. The maximum atomic E-state index is 7.31. The highest BCUT2D eigenvalue weighted by molar-refractivity contribution is 6.26. The molecule has 14 aromatic rings. The van der Waals surface area contributed by atoms with Crippen molar-refractivity contribution in [1.82, 2.24) is 24.1 Å². The quantitative estimate of drug-likeness (QED) is 0.160. The van der Waals surface area contributed by atoms with Crippen molar-refractivity contribution in [1.29, 1.82) is 0 Å². The molecule has 0 unspecified atom stereocenters. The largest absolute Gasteiger partial charge is 0.452 e. The van der Waals surface area contributed by atoms with Crippen LogP contribution in [0.4, 0.5) is 0 Å². The average Bonchev–Trinajstić information content (AvgIpc) is 4.10. The molecule has 0 bridgehead atoms. The van der Waals surface area contributed by atoms with E-state index in [0.29, 0.717) is 17.5 Å². The fourth-order valence-electron chi connectivity index (χ4n) is 10.3. The summed E-state index contributed by atoms with van der Waals surface area (Å²) in [5, 5.41) is 6.74. The van der Waals surface area contributed by atoms with Crippen molar-refractivity contribution in [2.45, 2.75) is 0 Å². The van der Waals surface area contributed by atoms with Crippen LogP contribution < -0.4 is 0 Å². The summed E-state index contributed by atoms with van der Waals surface area (Å²) in [5.41, 5.74) is 15.3. The summed E-state index contributed by atoms with van der Waals surface area (Å²) >= 11 is 0. The molecule has 0 saturated heterocycles. The zero-order valence-electron chi connectivity index (χ0n) is 37.2. The van der Waals surface area contributed by atoms with Crippen LogP contribution in [0.15, 0.2) is 241 Å². The van der Waals surface area contributed by atoms with Crippen molar-refractivity contribution in [3.05, 3.63) is 237 Å². The number of benzene rings is 10. The van der Waals surface area contributed by atoms with E-state index in [2.05, 4.69) is 234 Å². The average molecular weight is 882 g/mol. The minimum absolute atomic E-state index is 0.585. The van der Waals surface area contributed by atoms with Crippen molar-refractivity contribution in [2.24, 2.45) is 0 Å². The molecular weight excluding hydrogens is 843 g/mol. The van der Waals surface area contributed by atoms with Crippen LogP contribution in [0.3, 0.4) is 0 Å². The first-order chi connectivity index (χ1) is 34.2. The Morgan fingerprint density at radius 1 is 0.261 bits per heavy atom. The van der Waals surface area contributed by atoms with E-state index in [4.69, 9.17) is 19.4 Å². The number of fused-ring (bicyclic) bond motifs is 11. The Kier molecular flexibility index (Phi) is 8.79. The van der Waals surface area contributed by atoms with Crippen LogP contribution in [0.2, 0.25) is 0 Å². The van der Waals surface area contributed by atoms with E-state index >= 15 is 0 Å². The van der Waals surface area contributed by atoms with Crippen LogP contribution in [-0.2, 0) is 0 Å². The molecule has 0 amide bonds. The molecule has 0 aliphatic carbocycles. The third kappa shape index (κ3) is 6.30. The van der Waals surface area contributed by atoms with E-state index in [9.17, 15) is 0 Å². The highest BCUT2D eigenvalue weighted by Crippen LogP contribution is 2.44. The van der Waals surface area contributed by atoms with Gasteiger partial charge < -0.3 is 13.6 Å². The Morgan fingerprint density at radius 2 is 0.623 bits per heavy atom. The Balaban J connectivity index is 0.964. The summed E-state index contributed by atoms with van der Waals surface area (Å²) in [7, 11) is 0. The van der Waals surface area contributed by atoms with Crippen molar-refractivity contribution in [3.8, 4) is 67.8 Å². The van der Waals surface area contributed by atoms with Crippen LogP contribution in [0.25, 0.3) is 133 Å². The second-order valence-electron chi connectivity index (χ2n) is 17.6. The molecule has 0 saturated carbocycles. The van der Waals surface area contributed by atoms with E-state index in [1.165, 1.54) is 5.39 Å². The van der Waals surface area contributed by atoms with Gasteiger partial charge in [-0.1, -0.05) is 188 Å². The fourth-order valence-corrected chi connectivity index (χ4v) is 10.3. The van der Waals surface area contributed by atoms with Crippen LogP contribution in [0.1, 0.15) is 0 Å². The van der Waals surface area contributed by atoms with E-state index < -0.39 is 0 Å². The molecule has 0 radical (unpaired) electrons. The van der Waals surface area contributed by atoms with Crippen molar-refractivity contribution in [3.63, 3.8) is 0 Å². The number of para-hydroxylation sites is 3. The first kappa shape index (κ1) is 38.8. The van der Waals surface area contributed by atoms with E-state index in [1.807, 2.05) is 12.1 Å². The summed E-state index contributed by atoms with van der Waals surface area (Å²) in [5.74, 6) is 1.79. The van der Waals surface area contributed by atoms with Crippen LogP contribution in [0.5, 0.6) is 0 Å². The predicted molar refractivity (Wildman–Crippen MR) is 283 cm³/mol. The van der Waals surface area contributed by atoms with Crippen molar-refractivity contribution in [2.75, 3.05) is 0 Å². The standard InChI is InChI=1S/C63H39N5O/c1-4-15-40(16-5-1)42-27-31-44(32-28-42)61-64-62(45-33-29-43(30-34-45)41-17-6-2-7-18-41)66-63(65-61)46-19-14-22-48(39-46)68-56-26-13-11-24-50(56)52-36-38-54-53-37-35-51-49-23-10-12-25-55(49)67(47-20-8-3-9-21-47)57(51)59(53)69-60(54)58(52)68/h1-39H. The summed E-state index contributed by atoms with van der Waals surface area (Å²) in [6.45, 7) is 0. The molecule has 0 N–H and O–H groups in total. The van der Waals surface area contributed by atoms with Gasteiger partial charge in [-0.25, -0.2) is 15.0 Å². The molecule has 6 nitrogen and oxygen atoms in total. The van der Waals surface area contributed by atoms with Gasteiger partial charge in [-0.2, -0.15) is 0 Å². The fraction of sp³-hybridized carbons (Fsp3) is 0. The third-order valence-electron chi connectivity index (χ3n) is 13.6. The van der Waals surface area contributed by atoms with Gasteiger partial charge in [0.15, 0.2) is 28.6 Å². The number of furan rings is 1. The van der Waals surface area contributed by atoms with Gasteiger partial charge in [-0.05, 0) is 70.8 Å². The lowest BCUT2D eigenvalue weighted by Crippen LogP contribution is -2.01. The van der Waals surface area contributed by atoms with E-state index in [0.717, 1.165) is 110 Å². The first-order valence-electron chi connectivity index (χ1n) is 23.3. The smallest absolute Gasteiger partial charge is 0.164 e.